The lowest BCUT2D eigenvalue weighted by molar-refractivity contribution is 0.379. The van der Waals surface area contributed by atoms with Crippen LogP contribution in [-0.2, 0) is 5.41 Å². The van der Waals surface area contributed by atoms with Crippen molar-refractivity contribution in [2.45, 2.75) is 18.8 Å². The predicted octanol–water partition coefficient (Wildman–Crippen LogP) is 3.27. The molecule has 3 atom stereocenters. The first-order chi connectivity index (χ1) is 18.0. The molecule has 7 rings (SSSR count). The smallest absolute Gasteiger partial charge is 0.232 e. The SMILES string of the molecule is COc1cnc2ccc(-c3n[nH]c4nc(N5CC[C@@H]6[C@H](C5)[C@@]6(CN)c5cc(C)on5)cnc34)c(Cl)c2n1. The van der Waals surface area contributed by atoms with Gasteiger partial charge in [-0.25, -0.2) is 19.9 Å². The molecule has 12 heteroatoms. The molecule has 4 aromatic heterocycles. The highest BCUT2D eigenvalue weighted by molar-refractivity contribution is 6.38. The Kier molecular flexibility index (Phi) is 4.89. The summed E-state index contributed by atoms with van der Waals surface area (Å²) in [5.74, 6) is 2.91. The quantitative estimate of drug-likeness (QED) is 0.356. The van der Waals surface area contributed by atoms with Gasteiger partial charge in [0.15, 0.2) is 5.65 Å². The van der Waals surface area contributed by atoms with E-state index in [1.54, 1.807) is 19.5 Å². The van der Waals surface area contributed by atoms with Crippen LogP contribution >= 0.6 is 11.6 Å². The lowest BCUT2D eigenvalue weighted by atomic mass is 9.97. The molecule has 0 unspecified atom stereocenters. The van der Waals surface area contributed by atoms with Crippen LogP contribution in [0.5, 0.6) is 5.88 Å². The number of benzene rings is 1. The molecule has 37 heavy (non-hydrogen) atoms. The van der Waals surface area contributed by atoms with Gasteiger partial charge in [-0.15, -0.1) is 0 Å². The van der Waals surface area contributed by atoms with Gasteiger partial charge in [-0.2, -0.15) is 5.10 Å². The molecule has 3 N–H and O–H groups in total. The molecule has 5 heterocycles. The van der Waals surface area contributed by atoms with Gasteiger partial charge < -0.3 is 19.9 Å². The summed E-state index contributed by atoms with van der Waals surface area (Å²) in [6, 6.07) is 5.74. The largest absolute Gasteiger partial charge is 0.480 e. The minimum absolute atomic E-state index is 0.121. The van der Waals surface area contributed by atoms with Gasteiger partial charge in [0, 0.05) is 36.7 Å². The molecule has 1 aliphatic heterocycles. The maximum absolute atomic E-state index is 6.74. The first-order valence-corrected chi connectivity index (χ1v) is 12.5. The van der Waals surface area contributed by atoms with Crippen LogP contribution in [0.2, 0.25) is 5.02 Å². The Labute approximate surface area is 216 Å². The molecule has 1 aliphatic carbocycles. The van der Waals surface area contributed by atoms with Crippen LogP contribution in [0.1, 0.15) is 17.9 Å². The molecule has 2 aliphatic rings. The number of aromatic amines is 1. The van der Waals surface area contributed by atoms with Gasteiger partial charge in [0.1, 0.15) is 28.3 Å². The second-order valence-electron chi connectivity index (χ2n) is 9.72. The van der Waals surface area contributed by atoms with Crippen molar-refractivity contribution in [3.63, 3.8) is 0 Å². The van der Waals surface area contributed by atoms with Crippen molar-refractivity contribution in [2.24, 2.45) is 17.6 Å². The van der Waals surface area contributed by atoms with E-state index in [1.807, 2.05) is 25.1 Å². The third-order valence-corrected chi connectivity index (χ3v) is 8.33. The number of rotatable bonds is 5. The number of piperidine rings is 1. The molecule has 5 aromatic rings. The van der Waals surface area contributed by atoms with Crippen molar-refractivity contribution in [2.75, 3.05) is 31.6 Å². The number of nitrogens with two attached hydrogens (primary N) is 1. The fourth-order valence-corrected chi connectivity index (χ4v) is 6.29. The zero-order chi connectivity index (χ0) is 25.3. The molecule has 0 spiro atoms. The average Bonchev–Trinajstić information content (AvgIpc) is 3.17. The van der Waals surface area contributed by atoms with Crippen LogP contribution in [0.4, 0.5) is 5.82 Å². The summed E-state index contributed by atoms with van der Waals surface area (Å²) in [5.41, 5.74) is 10.9. The minimum Gasteiger partial charge on any atom is -0.480 e. The summed E-state index contributed by atoms with van der Waals surface area (Å²) < 4.78 is 10.6. The number of halogens is 1. The summed E-state index contributed by atoms with van der Waals surface area (Å²) >= 11 is 6.74. The number of ether oxygens (including phenoxy) is 1. The Hall–Kier alpha value is -3.83. The predicted molar refractivity (Wildman–Crippen MR) is 138 cm³/mol. The number of methoxy groups -OCH3 is 1. The monoisotopic (exact) mass is 517 g/mol. The molecule has 1 saturated carbocycles. The molecule has 1 saturated heterocycles. The van der Waals surface area contributed by atoms with E-state index < -0.39 is 0 Å². The topological polar surface area (TPSA) is 145 Å². The number of anilines is 1. The number of nitrogens with zero attached hydrogens (tertiary/aromatic N) is 7. The number of hydrogen-bond acceptors (Lipinski definition) is 10. The Morgan fingerprint density at radius 1 is 1.22 bits per heavy atom. The molecular formula is C25H24ClN9O2. The van der Waals surface area contributed by atoms with Crippen molar-refractivity contribution in [3.05, 3.63) is 47.1 Å². The van der Waals surface area contributed by atoms with E-state index in [2.05, 4.69) is 30.2 Å². The summed E-state index contributed by atoms with van der Waals surface area (Å²) in [7, 11) is 1.54. The van der Waals surface area contributed by atoms with Crippen LogP contribution in [0.15, 0.2) is 35.1 Å². The zero-order valence-corrected chi connectivity index (χ0v) is 21.0. The number of hydrogen-bond donors (Lipinski definition) is 2. The fourth-order valence-electron chi connectivity index (χ4n) is 6.00. The Morgan fingerprint density at radius 3 is 2.89 bits per heavy atom. The van der Waals surface area contributed by atoms with Crippen molar-refractivity contribution >= 4 is 39.6 Å². The number of nitrogens with one attached hydrogen (secondary N) is 1. The van der Waals surface area contributed by atoms with Gasteiger partial charge in [0.25, 0.3) is 0 Å². The molecule has 0 amide bonds. The standard InChI is InChI=1S/C25H24ClN9O2/c1-12-7-17(34-37-12)25(11-27)14-5-6-35(10-15(14)25)18-8-29-23-21(32-33-24(23)30-18)13-3-4-16-22(20(13)26)31-19(36-2)9-28-16/h3-4,7-9,14-15H,5-6,10-11,27H2,1-2H3,(H,30,32,33)/t14-,15+,25+/m1/s1. The maximum Gasteiger partial charge on any atom is 0.232 e. The van der Waals surface area contributed by atoms with Gasteiger partial charge in [0.05, 0.1) is 35.7 Å². The van der Waals surface area contributed by atoms with E-state index >= 15 is 0 Å². The van der Waals surface area contributed by atoms with Gasteiger partial charge in [0.2, 0.25) is 5.88 Å². The van der Waals surface area contributed by atoms with E-state index in [-0.39, 0.29) is 5.41 Å². The Morgan fingerprint density at radius 2 is 2.11 bits per heavy atom. The number of aromatic nitrogens is 7. The van der Waals surface area contributed by atoms with Crippen LogP contribution < -0.4 is 15.4 Å². The summed E-state index contributed by atoms with van der Waals surface area (Å²) in [6.07, 6.45) is 4.37. The third-order valence-electron chi connectivity index (χ3n) is 7.95. The van der Waals surface area contributed by atoms with Crippen LogP contribution in [0, 0.1) is 18.8 Å². The van der Waals surface area contributed by atoms with Crippen molar-refractivity contribution in [1.82, 2.24) is 35.3 Å². The Bertz CT molecular complexity index is 1670. The third kappa shape index (κ3) is 3.23. The minimum atomic E-state index is -0.121. The van der Waals surface area contributed by atoms with E-state index in [1.165, 1.54) is 0 Å². The van der Waals surface area contributed by atoms with Crippen LogP contribution in [0.3, 0.4) is 0 Å². The molecule has 2 fully saturated rings. The molecule has 0 radical (unpaired) electrons. The van der Waals surface area contributed by atoms with Crippen molar-refractivity contribution < 1.29 is 9.26 Å². The first-order valence-electron chi connectivity index (χ1n) is 12.1. The van der Waals surface area contributed by atoms with Crippen molar-refractivity contribution in [3.8, 4) is 17.1 Å². The summed E-state index contributed by atoms with van der Waals surface area (Å²) in [6.45, 7) is 4.18. The number of H-pyrrole nitrogens is 1. The molecule has 188 valence electrons. The zero-order valence-electron chi connectivity index (χ0n) is 20.3. The summed E-state index contributed by atoms with van der Waals surface area (Å²) in [5, 5.41) is 12.3. The molecule has 1 aromatic carbocycles. The Balaban J connectivity index is 1.20. The van der Waals surface area contributed by atoms with Gasteiger partial charge in [-0.3, -0.25) is 5.10 Å². The lowest BCUT2D eigenvalue weighted by Gasteiger charge is -2.26. The van der Waals surface area contributed by atoms with Crippen LogP contribution in [-0.4, -0.2) is 62.0 Å². The lowest BCUT2D eigenvalue weighted by Crippen LogP contribution is -2.32. The van der Waals surface area contributed by atoms with Gasteiger partial charge in [-0.1, -0.05) is 16.8 Å². The van der Waals surface area contributed by atoms with Gasteiger partial charge >= 0.3 is 0 Å². The fraction of sp³-hybridized carbons (Fsp3) is 0.360. The average molecular weight is 518 g/mol. The highest BCUT2D eigenvalue weighted by Crippen LogP contribution is 2.62. The molecular weight excluding hydrogens is 494 g/mol. The normalized spacial score (nSPS) is 23.0. The first kappa shape index (κ1) is 22.4. The van der Waals surface area contributed by atoms with E-state index in [0.29, 0.717) is 62.7 Å². The summed E-state index contributed by atoms with van der Waals surface area (Å²) in [4.78, 5) is 20.7. The molecule has 11 nitrogen and oxygen atoms in total. The molecule has 0 bridgehead atoms. The highest BCUT2D eigenvalue weighted by Gasteiger charge is 2.67. The maximum atomic E-state index is 6.74. The van der Waals surface area contributed by atoms with Gasteiger partial charge in [-0.05, 0) is 37.3 Å². The highest BCUT2D eigenvalue weighted by atomic mass is 35.5. The van der Waals surface area contributed by atoms with E-state index in [4.69, 9.17) is 36.6 Å². The number of aryl methyl sites for hydroxylation is 1. The van der Waals surface area contributed by atoms with E-state index in [0.717, 1.165) is 36.8 Å². The number of fused-ring (bicyclic) bond motifs is 3. The van der Waals surface area contributed by atoms with E-state index in [9.17, 15) is 0 Å². The van der Waals surface area contributed by atoms with Crippen LogP contribution in [0.25, 0.3) is 33.5 Å². The van der Waals surface area contributed by atoms with Crippen molar-refractivity contribution in [1.29, 1.82) is 0 Å². The second kappa shape index (κ2) is 8.09. The second-order valence-corrected chi connectivity index (χ2v) is 10.1.